The Morgan fingerprint density at radius 3 is 2.04 bits per heavy atom. The second-order valence-electron chi connectivity index (χ2n) is 6.87. The van der Waals surface area contributed by atoms with Crippen LogP contribution in [0.1, 0.15) is 48.7 Å². The minimum atomic E-state index is -0.814. The van der Waals surface area contributed by atoms with E-state index in [0.29, 0.717) is 17.7 Å². The third-order valence-corrected chi connectivity index (χ3v) is 3.85. The predicted octanol–water partition coefficient (Wildman–Crippen LogP) is 4.25. The van der Waals surface area contributed by atoms with Crippen LogP contribution in [0.4, 0.5) is 5.69 Å². The number of carbonyl (C=O) groups excluding carboxylic acids is 1. The van der Waals surface area contributed by atoms with E-state index in [1.165, 1.54) is 5.56 Å². The van der Waals surface area contributed by atoms with Crippen molar-refractivity contribution in [1.82, 2.24) is 0 Å². The van der Waals surface area contributed by atoms with Crippen LogP contribution < -0.4 is 5.32 Å². The van der Waals surface area contributed by atoms with Crippen LogP contribution in [0.25, 0.3) is 0 Å². The van der Waals surface area contributed by atoms with E-state index in [-0.39, 0.29) is 17.7 Å². The zero-order valence-corrected chi connectivity index (χ0v) is 14.3. The van der Waals surface area contributed by atoms with Gasteiger partial charge in [-0.3, -0.25) is 9.59 Å². The topological polar surface area (TPSA) is 66.4 Å². The largest absolute Gasteiger partial charge is 0.481 e. The van der Waals surface area contributed by atoms with Gasteiger partial charge in [-0.15, -0.1) is 0 Å². The minimum absolute atomic E-state index is 0.0563. The Morgan fingerprint density at radius 1 is 0.958 bits per heavy atom. The lowest BCUT2D eigenvalue weighted by Gasteiger charge is -2.19. The number of anilines is 1. The van der Waals surface area contributed by atoms with Gasteiger partial charge in [-0.25, -0.2) is 0 Å². The molecule has 0 aromatic heterocycles. The van der Waals surface area contributed by atoms with E-state index < -0.39 is 5.97 Å². The summed E-state index contributed by atoms with van der Waals surface area (Å²) in [5.74, 6) is -0.972. The van der Waals surface area contributed by atoms with E-state index in [1.54, 1.807) is 12.1 Å². The molecule has 2 rings (SSSR count). The first-order valence-electron chi connectivity index (χ1n) is 7.98. The van der Waals surface area contributed by atoms with Crippen LogP contribution in [-0.4, -0.2) is 17.0 Å². The highest BCUT2D eigenvalue weighted by Gasteiger charge is 2.14. The highest BCUT2D eigenvalue weighted by atomic mass is 16.4. The first-order valence-corrected chi connectivity index (χ1v) is 7.98. The quantitative estimate of drug-likeness (QED) is 0.863. The molecule has 0 aliphatic carbocycles. The summed E-state index contributed by atoms with van der Waals surface area (Å²) >= 11 is 0. The Bertz CT molecular complexity index is 710. The molecule has 0 saturated carbocycles. The Balaban J connectivity index is 2.00. The van der Waals surface area contributed by atoms with Crippen LogP contribution in [0.2, 0.25) is 0 Å². The van der Waals surface area contributed by atoms with Gasteiger partial charge in [-0.2, -0.15) is 0 Å². The summed E-state index contributed by atoms with van der Waals surface area (Å²) in [6, 6.07) is 14.9. The standard InChI is InChI=1S/C20H23NO3/c1-20(2,3)16-9-7-15(8-10-16)19(24)21-17-11-4-14(5-12-17)6-13-18(22)23/h4-5,7-12H,6,13H2,1-3H3,(H,21,24)(H,22,23). The molecule has 0 fully saturated rings. The van der Waals surface area contributed by atoms with E-state index in [1.807, 2.05) is 36.4 Å². The van der Waals surface area contributed by atoms with Crippen LogP contribution >= 0.6 is 0 Å². The molecule has 126 valence electrons. The number of aliphatic carboxylic acids is 1. The van der Waals surface area contributed by atoms with E-state index in [2.05, 4.69) is 26.1 Å². The number of aryl methyl sites for hydroxylation is 1. The summed E-state index contributed by atoms with van der Waals surface area (Å²) in [7, 11) is 0. The maximum absolute atomic E-state index is 12.3. The second-order valence-corrected chi connectivity index (χ2v) is 6.87. The number of hydrogen-bond acceptors (Lipinski definition) is 2. The van der Waals surface area contributed by atoms with Gasteiger partial charge in [-0.1, -0.05) is 45.0 Å². The number of carbonyl (C=O) groups is 2. The highest BCUT2D eigenvalue weighted by Crippen LogP contribution is 2.22. The second kappa shape index (κ2) is 7.30. The SMILES string of the molecule is CC(C)(C)c1ccc(C(=O)Nc2ccc(CCC(=O)O)cc2)cc1. The van der Waals surface area contributed by atoms with Crippen molar-refractivity contribution in [1.29, 1.82) is 0 Å². The Labute approximate surface area is 142 Å². The minimum Gasteiger partial charge on any atom is -0.481 e. The molecule has 4 heteroatoms. The van der Waals surface area contributed by atoms with Gasteiger partial charge in [-0.05, 0) is 47.2 Å². The lowest BCUT2D eigenvalue weighted by atomic mass is 9.87. The Morgan fingerprint density at radius 2 is 1.54 bits per heavy atom. The van der Waals surface area contributed by atoms with Crippen LogP contribution in [0.15, 0.2) is 48.5 Å². The number of hydrogen-bond donors (Lipinski definition) is 2. The molecule has 0 heterocycles. The number of nitrogens with one attached hydrogen (secondary N) is 1. The van der Waals surface area contributed by atoms with Crippen molar-refractivity contribution in [2.75, 3.05) is 5.32 Å². The number of benzene rings is 2. The van der Waals surface area contributed by atoms with Gasteiger partial charge < -0.3 is 10.4 Å². The molecular weight excluding hydrogens is 302 g/mol. The van der Waals surface area contributed by atoms with Crippen molar-refractivity contribution in [2.45, 2.75) is 39.0 Å². The maximum Gasteiger partial charge on any atom is 0.303 e. The normalized spacial score (nSPS) is 11.1. The van der Waals surface area contributed by atoms with Crippen LogP contribution in [0.3, 0.4) is 0 Å². The predicted molar refractivity (Wildman–Crippen MR) is 95.5 cm³/mol. The molecule has 2 aromatic carbocycles. The van der Waals surface area contributed by atoms with Gasteiger partial charge in [0.1, 0.15) is 0 Å². The van der Waals surface area contributed by atoms with Crippen molar-refractivity contribution < 1.29 is 14.7 Å². The third-order valence-electron chi connectivity index (χ3n) is 3.85. The molecule has 0 unspecified atom stereocenters. The number of carboxylic acids is 1. The summed E-state index contributed by atoms with van der Waals surface area (Å²) in [6.07, 6.45) is 0.587. The molecule has 0 aliphatic heterocycles. The van der Waals surface area contributed by atoms with Crippen molar-refractivity contribution in [3.05, 3.63) is 65.2 Å². The molecule has 0 saturated heterocycles. The molecule has 0 spiro atoms. The molecule has 24 heavy (non-hydrogen) atoms. The maximum atomic E-state index is 12.3. The van der Waals surface area contributed by atoms with Crippen LogP contribution in [0.5, 0.6) is 0 Å². The van der Waals surface area contributed by atoms with E-state index in [9.17, 15) is 9.59 Å². The summed E-state index contributed by atoms with van der Waals surface area (Å²) in [5, 5.41) is 11.5. The zero-order valence-electron chi connectivity index (χ0n) is 14.3. The van der Waals surface area contributed by atoms with Crippen molar-refractivity contribution >= 4 is 17.6 Å². The third kappa shape index (κ3) is 4.95. The summed E-state index contributed by atoms with van der Waals surface area (Å²) < 4.78 is 0. The molecule has 0 atom stereocenters. The Hall–Kier alpha value is -2.62. The monoisotopic (exact) mass is 325 g/mol. The fourth-order valence-electron chi connectivity index (χ4n) is 2.33. The van der Waals surface area contributed by atoms with Gasteiger partial charge in [0, 0.05) is 17.7 Å². The van der Waals surface area contributed by atoms with Gasteiger partial charge in [0.05, 0.1) is 0 Å². The lowest BCUT2D eigenvalue weighted by molar-refractivity contribution is -0.136. The molecular formula is C20H23NO3. The molecule has 0 radical (unpaired) electrons. The van der Waals surface area contributed by atoms with Crippen molar-refractivity contribution in [3.8, 4) is 0 Å². The first-order chi connectivity index (χ1) is 11.3. The van der Waals surface area contributed by atoms with E-state index in [4.69, 9.17) is 5.11 Å². The Kier molecular flexibility index (Phi) is 5.39. The first kappa shape index (κ1) is 17.7. The van der Waals surface area contributed by atoms with Crippen LogP contribution in [-0.2, 0) is 16.6 Å². The molecule has 0 bridgehead atoms. The molecule has 0 aliphatic rings. The van der Waals surface area contributed by atoms with E-state index in [0.717, 1.165) is 5.56 Å². The number of rotatable bonds is 5. The summed E-state index contributed by atoms with van der Waals surface area (Å²) in [4.78, 5) is 22.9. The van der Waals surface area contributed by atoms with E-state index >= 15 is 0 Å². The van der Waals surface area contributed by atoms with Gasteiger partial charge >= 0.3 is 5.97 Å². The number of amides is 1. The highest BCUT2D eigenvalue weighted by molar-refractivity contribution is 6.04. The molecule has 4 nitrogen and oxygen atoms in total. The average Bonchev–Trinajstić information content (AvgIpc) is 2.53. The van der Waals surface area contributed by atoms with Crippen molar-refractivity contribution in [2.24, 2.45) is 0 Å². The van der Waals surface area contributed by atoms with Crippen molar-refractivity contribution in [3.63, 3.8) is 0 Å². The van der Waals surface area contributed by atoms with Crippen LogP contribution in [0, 0.1) is 0 Å². The van der Waals surface area contributed by atoms with Gasteiger partial charge in [0.15, 0.2) is 0 Å². The van der Waals surface area contributed by atoms with Gasteiger partial charge in [0.2, 0.25) is 0 Å². The molecule has 1 amide bonds. The molecule has 2 aromatic rings. The van der Waals surface area contributed by atoms with Gasteiger partial charge in [0.25, 0.3) is 5.91 Å². The number of carboxylic acid groups (broad SMARTS) is 1. The zero-order chi connectivity index (χ0) is 17.7. The fourth-order valence-corrected chi connectivity index (χ4v) is 2.33. The molecule has 2 N–H and O–H groups in total. The lowest BCUT2D eigenvalue weighted by Crippen LogP contribution is -2.14. The smallest absolute Gasteiger partial charge is 0.303 e. The summed E-state index contributed by atoms with van der Waals surface area (Å²) in [6.45, 7) is 6.40. The fraction of sp³-hybridized carbons (Fsp3) is 0.300. The average molecular weight is 325 g/mol. The summed E-state index contributed by atoms with van der Waals surface area (Å²) in [5.41, 5.74) is 3.48.